The van der Waals surface area contributed by atoms with Gasteiger partial charge in [-0.1, -0.05) is 11.1 Å². The number of rotatable bonds is 2. The second kappa shape index (κ2) is 5.03. The van der Waals surface area contributed by atoms with E-state index >= 15 is 0 Å². The minimum absolute atomic E-state index is 0.0787. The van der Waals surface area contributed by atoms with Gasteiger partial charge in [-0.2, -0.15) is 0 Å². The first-order chi connectivity index (χ1) is 9.28. The summed E-state index contributed by atoms with van der Waals surface area (Å²) in [6.45, 7) is 1.67. The zero-order chi connectivity index (χ0) is 13.2. The lowest BCUT2D eigenvalue weighted by Crippen LogP contribution is -2.36. The normalized spacial score (nSPS) is 18.5. The van der Waals surface area contributed by atoms with Gasteiger partial charge in [0, 0.05) is 25.4 Å². The number of methoxy groups -OCH3 is 1. The number of nitrogens with zero attached hydrogens (tertiary/aromatic N) is 2. The summed E-state index contributed by atoms with van der Waals surface area (Å²) in [4.78, 5) is 18.3. The van der Waals surface area contributed by atoms with Crippen molar-refractivity contribution in [3.63, 3.8) is 0 Å². The third-order valence-electron chi connectivity index (χ3n) is 3.85. The number of aromatic nitrogens is 1. The summed E-state index contributed by atoms with van der Waals surface area (Å²) < 4.78 is 5.00. The summed E-state index contributed by atoms with van der Waals surface area (Å²) in [5, 5.41) is 0. The summed E-state index contributed by atoms with van der Waals surface area (Å²) >= 11 is 0. The second-order valence-corrected chi connectivity index (χ2v) is 5.09. The zero-order valence-corrected chi connectivity index (χ0v) is 11.2. The zero-order valence-electron chi connectivity index (χ0n) is 11.2. The fraction of sp³-hybridized carbons (Fsp3) is 0.467. The Kier molecular flexibility index (Phi) is 3.23. The molecule has 3 rings (SSSR count). The molecule has 0 N–H and O–H groups in total. The first-order valence-electron chi connectivity index (χ1n) is 6.77. The SMILES string of the molecule is COc1ccc(C(=O)N2CCC(=C3CC3)CC2)cn1. The molecule has 1 aromatic rings. The van der Waals surface area contributed by atoms with Crippen molar-refractivity contribution in [2.75, 3.05) is 20.2 Å². The third-order valence-corrected chi connectivity index (χ3v) is 3.85. The Morgan fingerprint density at radius 1 is 1.16 bits per heavy atom. The maximum atomic E-state index is 12.3. The molecule has 0 radical (unpaired) electrons. The van der Waals surface area contributed by atoms with Crippen LogP contribution in [-0.4, -0.2) is 36.0 Å². The number of pyridine rings is 1. The Bertz CT molecular complexity index is 503. The highest BCUT2D eigenvalue weighted by Gasteiger charge is 2.25. The molecular formula is C15H18N2O2. The lowest BCUT2D eigenvalue weighted by molar-refractivity contribution is 0.0743. The van der Waals surface area contributed by atoms with Crippen LogP contribution in [-0.2, 0) is 0 Å². The molecule has 0 aromatic carbocycles. The first-order valence-corrected chi connectivity index (χ1v) is 6.77. The standard InChI is InChI=1S/C15H18N2O2/c1-19-14-5-4-13(10-16-14)15(18)17-8-6-12(7-9-17)11-2-3-11/h4-5,10H,2-3,6-9H2,1H3. The smallest absolute Gasteiger partial charge is 0.255 e. The van der Waals surface area contributed by atoms with Gasteiger partial charge in [0.15, 0.2) is 0 Å². The molecule has 19 heavy (non-hydrogen) atoms. The lowest BCUT2D eigenvalue weighted by atomic mass is 10.0. The van der Waals surface area contributed by atoms with Gasteiger partial charge in [0.2, 0.25) is 5.88 Å². The van der Waals surface area contributed by atoms with Crippen molar-refractivity contribution in [2.45, 2.75) is 25.7 Å². The van der Waals surface area contributed by atoms with Crippen LogP contribution < -0.4 is 4.74 Å². The molecule has 1 saturated carbocycles. The quantitative estimate of drug-likeness (QED) is 0.765. The third kappa shape index (κ3) is 2.62. The van der Waals surface area contributed by atoms with Gasteiger partial charge in [-0.05, 0) is 31.7 Å². The molecule has 100 valence electrons. The Labute approximate surface area is 113 Å². The van der Waals surface area contributed by atoms with Crippen molar-refractivity contribution in [1.82, 2.24) is 9.88 Å². The van der Waals surface area contributed by atoms with Crippen LogP contribution in [0.1, 0.15) is 36.0 Å². The van der Waals surface area contributed by atoms with Crippen molar-refractivity contribution < 1.29 is 9.53 Å². The van der Waals surface area contributed by atoms with Crippen LogP contribution >= 0.6 is 0 Å². The lowest BCUT2D eigenvalue weighted by Gasteiger charge is -2.28. The molecule has 1 amide bonds. The summed E-state index contributed by atoms with van der Waals surface area (Å²) in [7, 11) is 1.57. The monoisotopic (exact) mass is 258 g/mol. The molecule has 1 aliphatic heterocycles. The molecule has 2 fully saturated rings. The van der Waals surface area contributed by atoms with E-state index in [9.17, 15) is 4.79 Å². The average molecular weight is 258 g/mol. The number of likely N-dealkylation sites (tertiary alicyclic amines) is 1. The van der Waals surface area contributed by atoms with E-state index in [0.717, 1.165) is 25.9 Å². The van der Waals surface area contributed by atoms with Gasteiger partial charge in [-0.3, -0.25) is 4.79 Å². The first kappa shape index (κ1) is 12.2. The van der Waals surface area contributed by atoms with Crippen LogP contribution in [0.5, 0.6) is 5.88 Å². The number of hydrogen-bond donors (Lipinski definition) is 0. The van der Waals surface area contributed by atoms with E-state index in [1.54, 1.807) is 36.6 Å². The summed E-state index contributed by atoms with van der Waals surface area (Å²) in [5.74, 6) is 0.617. The fourth-order valence-corrected chi connectivity index (χ4v) is 2.56. The minimum atomic E-state index is 0.0787. The van der Waals surface area contributed by atoms with Crippen LogP contribution in [0, 0.1) is 0 Å². The molecule has 4 nitrogen and oxygen atoms in total. The highest BCUT2D eigenvalue weighted by molar-refractivity contribution is 5.94. The van der Waals surface area contributed by atoms with Gasteiger partial charge in [0.05, 0.1) is 12.7 Å². The minimum Gasteiger partial charge on any atom is -0.481 e. The van der Waals surface area contributed by atoms with Crippen LogP contribution in [0.2, 0.25) is 0 Å². The predicted molar refractivity (Wildman–Crippen MR) is 72.2 cm³/mol. The number of hydrogen-bond acceptors (Lipinski definition) is 3. The van der Waals surface area contributed by atoms with E-state index in [-0.39, 0.29) is 5.91 Å². The Hall–Kier alpha value is -1.84. The summed E-state index contributed by atoms with van der Waals surface area (Å²) in [6, 6.07) is 3.51. The number of carbonyl (C=O) groups excluding carboxylic acids is 1. The molecule has 2 heterocycles. The fourth-order valence-electron chi connectivity index (χ4n) is 2.56. The Morgan fingerprint density at radius 3 is 2.37 bits per heavy atom. The number of ether oxygens (including phenoxy) is 1. The highest BCUT2D eigenvalue weighted by Crippen LogP contribution is 2.36. The number of piperidine rings is 1. The van der Waals surface area contributed by atoms with Crippen molar-refractivity contribution in [1.29, 1.82) is 0 Å². The van der Waals surface area contributed by atoms with Crippen LogP contribution in [0.3, 0.4) is 0 Å². The van der Waals surface area contributed by atoms with Gasteiger partial charge >= 0.3 is 0 Å². The molecule has 2 aliphatic rings. The Morgan fingerprint density at radius 2 is 1.84 bits per heavy atom. The maximum Gasteiger partial charge on any atom is 0.255 e. The molecule has 0 spiro atoms. The van der Waals surface area contributed by atoms with Gasteiger partial charge in [0.1, 0.15) is 0 Å². The molecule has 4 heteroatoms. The molecular weight excluding hydrogens is 240 g/mol. The van der Waals surface area contributed by atoms with Gasteiger partial charge in [0.25, 0.3) is 5.91 Å². The number of carbonyl (C=O) groups is 1. The van der Waals surface area contributed by atoms with E-state index in [2.05, 4.69) is 4.98 Å². The van der Waals surface area contributed by atoms with Crippen molar-refractivity contribution in [2.24, 2.45) is 0 Å². The molecule has 1 saturated heterocycles. The van der Waals surface area contributed by atoms with E-state index in [1.165, 1.54) is 12.8 Å². The van der Waals surface area contributed by atoms with Gasteiger partial charge < -0.3 is 9.64 Å². The van der Waals surface area contributed by atoms with Crippen molar-refractivity contribution >= 4 is 5.91 Å². The van der Waals surface area contributed by atoms with E-state index in [1.807, 2.05) is 4.90 Å². The molecule has 0 bridgehead atoms. The van der Waals surface area contributed by atoms with Crippen LogP contribution in [0.25, 0.3) is 0 Å². The molecule has 0 unspecified atom stereocenters. The van der Waals surface area contributed by atoms with Gasteiger partial charge in [-0.25, -0.2) is 4.98 Å². The number of allylic oxidation sites excluding steroid dienone is 1. The largest absolute Gasteiger partial charge is 0.481 e. The molecule has 1 aromatic heterocycles. The van der Waals surface area contributed by atoms with Crippen LogP contribution in [0.4, 0.5) is 0 Å². The highest BCUT2D eigenvalue weighted by atomic mass is 16.5. The maximum absolute atomic E-state index is 12.3. The second-order valence-electron chi connectivity index (χ2n) is 5.09. The van der Waals surface area contributed by atoms with Crippen molar-refractivity contribution in [3.8, 4) is 5.88 Å². The van der Waals surface area contributed by atoms with Crippen molar-refractivity contribution in [3.05, 3.63) is 35.0 Å². The summed E-state index contributed by atoms with van der Waals surface area (Å²) in [5.41, 5.74) is 3.87. The molecule has 1 aliphatic carbocycles. The van der Waals surface area contributed by atoms with E-state index < -0.39 is 0 Å². The molecule has 0 atom stereocenters. The van der Waals surface area contributed by atoms with E-state index in [0.29, 0.717) is 11.4 Å². The topological polar surface area (TPSA) is 42.4 Å². The van der Waals surface area contributed by atoms with E-state index in [4.69, 9.17) is 4.74 Å². The number of amides is 1. The Balaban J connectivity index is 1.65. The summed E-state index contributed by atoms with van der Waals surface area (Å²) in [6.07, 6.45) is 6.25. The average Bonchev–Trinajstić information content (AvgIpc) is 3.31. The van der Waals surface area contributed by atoms with Crippen LogP contribution in [0.15, 0.2) is 29.5 Å². The van der Waals surface area contributed by atoms with Gasteiger partial charge in [-0.15, -0.1) is 0 Å². The predicted octanol–water partition coefficient (Wildman–Crippen LogP) is 2.42.